The van der Waals surface area contributed by atoms with Gasteiger partial charge in [-0.1, -0.05) is 0 Å². The van der Waals surface area contributed by atoms with Crippen molar-refractivity contribution in [2.75, 3.05) is 13.7 Å². The Balaban J connectivity index is 3.04. The molecule has 1 aliphatic rings. The standard InChI is InChI=1S/C15H24FNO4/c1-10-7-11(8-16)15(5,12(18)20-6)9-17(10)13(19)21-14(2,3)4/h8,10H,7,9H2,1-6H3/b11-8+/t10-,15-/m1/s1. The summed E-state index contributed by atoms with van der Waals surface area (Å²) in [5.74, 6) is -0.563. The molecule has 1 rings (SSSR count). The van der Waals surface area contributed by atoms with E-state index < -0.39 is 23.1 Å². The highest BCUT2D eigenvalue weighted by atomic mass is 19.1. The Hall–Kier alpha value is -1.59. The van der Waals surface area contributed by atoms with Gasteiger partial charge >= 0.3 is 12.1 Å². The molecule has 1 saturated heterocycles. The van der Waals surface area contributed by atoms with Gasteiger partial charge in [0.1, 0.15) is 11.0 Å². The van der Waals surface area contributed by atoms with E-state index in [0.717, 1.165) is 0 Å². The molecule has 0 radical (unpaired) electrons. The highest BCUT2D eigenvalue weighted by Crippen LogP contribution is 2.39. The van der Waals surface area contributed by atoms with Crippen LogP contribution in [0.3, 0.4) is 0 Å². The van der Waals surface area contributed by atoms with Gasteiger partial charge in [-0.2, -0.15) is 0 Å². The summed E-state index contributed by atoms with van der Waals surface area (Å²) in [5, 5.41) is 0. The van der Waals surface area contributed by atoms with Crippen molar-refractivity contribution in [1.82, 2.24) is 4.90 Å². The van der Waals surface area contributed by atoms with Gasteiger partial charge < -0.3 is 14.4 Å². The molecule has 1 fully saturated rings. The van der Waals surface area contributed by atoms with E-state index in [1.54, 1.807) is 34.6 Å². The van der Waals surface area contributed by atoms with Gasteiger partial charge in [0.15, 0.2) is 0 Å². The van der Waals surface area contributed by atoms with Crippen molar-refractivity contribution in [3.05, 3.63) is 11.9 Å². The van der Waals surface area contributed by atoms with Crippen LogP contribution in [-0.4, -0.2) is 42.3 Å². The lowest BCUT2D eigenvalue weighted by molar-refractivity contribution is -0.151. The highest BCUT2D eigenvalue weighted by Gasteiger charge is 2.47. The van der Waals surface area contributed by atoms with Crippen LogP contribution in [0.5, 0.6) is 0 Å². The number of piperidine rings is 1. The van der Waals surface area contributed by atoms with Gasteiger partial charge in [0.25, 0.3) is 0 Å². The second-order valence-corrected chi connectivity index (χ2v) is 6.62. The van der Waals surface area contributed by atoms with Crippen LogP contribution in [0.1, 0.15) is 41.0 Å². The summed E-state index contributed by atoms with van der Waals surface area (Å²) in [7, 11) is 1.25. The number of hydrogen-bond acceptors (Lipinski definition) is 4. The first kappa shape index (κ1) is 17.5. The van der Waals surface area contributed by atoms with E-state index >= 15 is 0 Å². The molecule has 120 valence electrons. The molecule has 0 N–H and O–H groups in total. The van der Waals surface area contributed by atoms with Crippen molar-refractivity contribution < 1.29 is 23.5 Å². The van der Waals surface area contributed by atoms with Crippen LogP contribution in [0.15, 0.2) is 11.9 Å². The number of likely N-dealkylation sites (tertiary alicyclic amines) is 1. The number of ether oxygens (including phenoxy) is 2. The SMILES string of the molecule is COC(=O)[C@]1(C)CN(C(=O)OC(C)(C)C)[C@H](C)C/C1=C\F. The minimum atomic E-state index is -1.19. The molecule has 1 heterocycles. The average Bonchev–Trinajstić information content (AvgIpc) is 2.37. The summed E-state index contributed by atoms with van der Waals surface area (Å²) in [4.78, 5) is 25.7. The monoisotopic (exact) mass is 301 g/mol. The quantitative estimate of drug-likeness (QED) is 0.699. The largest absolute Gasteiger partial charge is 0.468 e. The van der Waals surface area contributed by atoms with Gasteiger partial charge in [-0.25, -0.2) is 9.18 Å². The molecule has 6 heteroatoms. The number of methoxy groups -OCH3 is 1. The number of rotatable bonds is 1. The van der Waals surface area contributed by atoms with Crippen molar-refractivity contribution in [1.29, 1.82) is 0 Å². The highest BCUT2D eigenvalue weighted by molar-refractivity contribution is 5.82. The minimum Gasteiger partial charge on any atom is -0.468 e. The van der Waals surface area contributed by atoms with E-state index in [-0.39, 0.29) is 19.0 Å². The number of halogens is 1. The first-order chi connectivity index (χ1) is 9.55. The molecule has 5 nitrogen and oxygen atoms in total. The van der Waals surface area contributed by atoms with Crippen LogP contribution in [0.2, 0.25) is 0 Å². The van der Waals surface area contributed by atoms with Crippen molar-refractivity contribution in [2.24, 2.45) is 5.41 Å². The summed E-state index contributed by atoms with van der Waals surface area (Å²) in [5.41, 5.74) is -1.48. The molecule has 0 spiro atoms. The predicted molar refractivity (Wildman–Crippen MR) is 76.3 cm³/mol. The van der Waals surface area contributed by atoms with Crippen LogP contribution in [0.4, 0.5) is 9.18 Å². The van der Waals surface area contributed by atoms with Crippen LogP contribution in [0.25, 0.3) is 0 Å². The van der Waals surface area contributed by atoms with E-state index in [1.165, 1.54) is 12.0 Å². The number of amides is 1. The number of esters is 1. The van der Waals surface area contributed by atoms with Gasteiger partial charge in [-0.05, 0) is 46.6 Å². The van der Waals surface area contributed by atoms with Crippen molar-refractivity contribution >= 4 is 12.1 Å². The van der Waals surface area contributed by atoms with Crippen LogP contribution in [0, 0.1) is 5.41 Å². The normalized spacial score (nSPS) is 28.4. The van der Waals surface area contributed by atoms with E-state index in [9.17, 15) is 14.0 Å². The zero-order chi connectivity index (χ0) is 16.4. The lowest BCUT2D eigenvalue weighted by Crippen LogP contribution is -2.54. The summed E-state index contributed by atoms with van der Waals surface area (Å²) in [6.45, 7) is 8.72. The maximum Gasteiger partial charge on any atom is 0.410 e. The second kappa shape index (κ2) is 6.03. The smallest absolute Gasteiger partial charge is 0.410 e. The maximum absolute atomic E-state index is 13.1. The summed E-state index contributed by atoms with van der Waals surface area (Å²) in [6.07, 6.45) is 0.198. The summed E-state index contributed by atoms with van der Waals surface area (Å²) < 4.78 is 23.2. The number of carbonyl (C=O) groups is 2. The fourth-order valence-corrected chi connectivity index (χ4v) is 2.40. The van der Waals surface area contributed by atoms with Gasteiger partial charge in [0.05, 0.1) is 13.4 Å². The number of nitrogens with zero attached hydrogens (tertiary/aromatic N) is 1. The molecule has 0 bridgehead atoms. The number of hydrogen-bond donors (Lipinski definition) is 0. The van der Waals surface area contributed by atoms with Gasteiger partial charge in [0, 0.05) is 12.6 Å². The van der Waals surface area contributed by atoms with Gasteiger partial charge in [0.2, 0.25) is 0 Å². The first-order valence-electron chi connectivity index (χ1n) is 6.93. The van der Waals surface area contributed by atoms with E-state index in [4.69, 9.17) is 9.47 Å². The summed E-state index contributed by atoms with van der Waals surface area (Å²) >= 11 is 0. The molecule has 2 atom stereocenters. The van der Waals surface area contributed by atoms with E-state index in [1.807, 2.05) is 0 Å². The molecule has 21 heavy (non-hydrogen) atoms. The molecule has 0 unspecified atom stereocenters. The first-order valence-corrected chi connectivity index (χ1v) is 6.93. The van der Waals surface area contributed by atoms with Crippen molar-refractivity contribution in [3.63, 3.8) is 0 Å². The fourth-order valence-electron chi connectivity index (χ4n) is 2.40. The average molecular weight is 301 g/mol. The second-order valence-electron chi connectivity index (χ2n) is 6.62. The minimum absolute atomic E-state index is 0.0332. The van der Waals surface area contributed by atoms with Crippen molar-refractivity contribution in [3.8, 4) is 0 Å². The molecule has 0 aromatic heterocycles. The molecule has 0 aliphatic carbocycles. The Morgan fingerprint density at radius 2 is 2.00 bits per heavy atom. The molecule has 0 aromatic carbocycles. The maximum atomic E-state index is 13.1. The fraction of sp³-hybridized carbons (Fsp3) is 0.733. The number of carbonyl (C=O) groups excluding carboxylic acids is 2. The van der Waals surface area contributed by atoms with E-state index in [0.29, 0.717) is 11.9 Å². The Morgan fingerprint density at radius 1 is 1.43 bits per heavy atom. The molecule has 0 aromatic rings. The van der Waals surface area contributed by atoms with E-state index in [2.05, 4.69) is 0 Å². The van der Waals surface area contributed by atoms with Crippen LogP contribution in [-0.2, 0) is 14.3 Å². The Labute approximate surface area is 125 Å². The predicted octanol–water partition coefficient (Wildman–Crippen LogP) is 3.05. The Morgan fingerprint density at radius 3 is 2.43 bits per heavy atom. The summed E-state index contributed by atoms with van der Waals surface area (Å²) in [6, 6.07) is -0.250. The zero-order valence-corrected chi connectivity index (χ0v) is 13.5. The lowest BCUT2D eigenvalue weighted by atomic mass is 9.75. The topological polar surface area (TPSA) is 55.8 Å². The molecule has 0 saturated carbocycles. The van der Waals surface area contributed by atoms with Gasteiger partial charge in [-0.15, -0.1) is 0 Å². The third-order valence-corrected chi connectivity index (χ3v) is 3.64. The van der Waals surface area contributed by atoms with Crippen LogP contribution < -0.4 is 0 Å². The Kier molecular flexibility index (Phi) is 5.02. The van der Waals surface area contributed by atoms with Crippen LogP contribution >= 0.6 is 0 Å². The molecule has 1 aliphatic heterocycles. The third-order valence-electron chi connectivity index (χ3n) is 3.64. The lowest BCUT2D eigenvalue weighted by Gasteiger charge is -2.43. The third kappa shape index (κ3) is 3.74. The zero-order valence-electron chi connectivity index (χ0n) is 13.5. The Bertz CT molecular complexity index is 455. The van der Waals surface area contributed by atoms with Gasteiger partial charge in [-0.3, -0.25) is 4.79 Å². The molecular formula is C15H24FNO4. The molecule has 1 amide bonds. The van der Waals surface area contributed by atoms with Crippen molar-refractivity contribution in [2.45, 2.75) is 52.7 Å². The molecular weight excluding hydrogens is 277 g/mol.